The number of amides is 1. The number of halogens is 3. The van der Waals surface area contributed by atoms with Crippen molar-refractivity contribution < 1.29 is 13.6 Å². The number of rotatable bonds is 1. The average Bonchev–Trinajstić information content (AvgIpc) is 2.75. The maximum absolute atomic E-state index is 13.8. The van der Waals surface area contributed by atoms with Crippen molar-refractivity contribution >= 4 is 39.1 Å². The molecular formula is C15H9ClF2N2OS. The normalized spacial score (nSPS) is 12.1. The van der Waals surface area contributed by atoms with Gasteiger partial charge in [0.15, 0.2) is 10.6 Å². The van der Waals surface area contributed by atoms with Gasteiger partial charge in [-0.3, -0.25) is 4.79 Å². The van der Waals surface area contributed by atoms with Crippen molar-refractivity contribution in [3.8, 4) is 0 Å². The van der Waals surface area contributed by atoms with Gasteiger partial charge in [-0.1, -0.05) is 29.0 Å². The van der Waals surface area contributed by atoms with Crippen LogP contribution in [0.1, 0.15) is 10.4 Å². The van der Waals surface area contributed by atoms with E-state index in [0.29, 0.717) is 15.3 Å². The van der Waals surface area contributed by atoms with Crippen LogP contribution in [0.3, 0.4) is 0 Å². The van der Waals surface area contributed by atoms with Gasteiger partial charge in [-0.15, -0.1) is 0 Å². The summed E-state index contributed by atoms with van der Waals surface area (Å²) in [5.74, 6) is -1.85. The molecule has 0 aliphatic carbocycles. The first-order valence-corrected chi connectivity index (χ1v) is 7.44. The van der Waals surface area contributed by atoms with Gasteiger partial charge in [-0.2, -0.15) is 4.99 Å². The number of benzene rings is 2. The number of thiazole rings is 1. The number of aromatic nitrogens is 1. The average molecular weight is 339 g/mol. The molecule has 3 nitrogen and oxygen atoms in total. The molecule has 0 saturated heterocycles. The molecule has 22 heavy (non-hydrogen) atoms. The van der Waals surface area contributed by atoms with Gasteiger partial charge in [0.2, 0.25) is 0 Å². The number of carbonyl (C=O) groups is 1. The van der Waals surface area contributed by atoms with Gasteiger partial charge in [0, 0.05) is 23.7 Å². The van der Waals surface area contributed by atoms with Crippen LogP contribution in [-0.2, 0) is 7.05 Å². The second-order valence-electron chi connectivity index (χ2n) is 4.61. The molecule has 3 aromatic rings. The van der Waals surface area contributed by atoms with Crippen molar-refractivity contribution in [2.75, 3.05) is 0 Å². The molecular weight excluding hydrogens is 330 g/mol. The third-order valence-corrected chi connectivity index (χ3v) is 4.40. The van der Waals surface area contributed by atoms with Gasteiger partial charge in [0.1, 0.15) is 5.82 Å². The Hall–Kier alpha value is -2.05. The maximum atomic E-state index is 13.8. The summed E-state index contributed by atoms with van der Waals surface area (Å²) in [5.41, 5.74) is 0.542. The molecule has 112 valence electrons. The summed E-state index contributed by atoms with van der Waals surface area (Å²) in [6, 6.07) is 8.40. The Morgan fingerprint density at radius 1 is 1.27 bits per heavy atom. The Balaban J connectivity index is 2.16. The smallest absolute Gasteiger partial charge is 0.279 e. The zero-order valence-corrected chi connectivity index (χ0v) is 12.9. The van der Waals surface area contributed by atoms with Crippen LogP contribution in [-0.4, -0.2) is 10.5 Å². The topological polar surface area (TPSA) is 34.4 Å². The van der Waals surface area contributed by atoms with E-state index in [2.05, 4.69) is 4.99 Å². The second-order valence-corrected chi connectivity index (χ2v) is 6.05. The third-order valence-electron chi connectivity index (χ3n) is 3.09. The molecule has 0 bridgehead atoms. The fourth-order valence-electron chi connectivity index (χ4n) is 2.08. The molecule has 0 unspecified atom stereocenters. The van der Waals surface area contributed by atoms with E-state index in [-0.39, 0.29) is 10.3 Å². The monoisotopic (exact) mass is 338 g/mol. The van der Waals surface area contributed by atoms with Crippen LogP contribution in [0.4, 0.5) is 8.78 Å². The van der Waals surface area contributed by atoms with Crippen LogP contribution in [0.25, 0.3) is 10.2 Å². The first-order chi connectivity index (χ1) is 10.5. The zero-order chi connectivity index (χ0) is 15.9. The van der Waals surface area contributed by atoms with Crippen LogP contribution in [0, 0.1) is 11.6 Å². The summed E-state index contributed by atoms with van der Waals surface area (Å²) in [4.78, 5) is 16.4. The molecule has 3 rings (SSSR count). The minimum atomic E-state index is -0.689. The Morgan fingerprint density at radius 2 is 2.05 bits per heavy atom. The van der Waals surface area contributed by atoms with Gasteiger partial charge in [-0.25, -0.2) is 8.78 Å². The van der Waals surface area contributed by atoms with Crippen molar-refractivity contribution in [1.82, 2.24) is 4.57 Å². The second kappa shape index (κ2) is 5.62. The van der Waals surface area contributed by atoms with Gasteiger partial charge in [-0.05, 0) is 24.3 Å². The Labute approximate surface area is 133 Å². The van der Waals surface area contributed by atoms with Crippen molar-refractivity contribution in [2.24, 2.45) is 12.0 Å². The molecule has 1 aromatic heterocycles. The van der Waals surface area contributed by atoms with Gasteiger partial charge in [0.25, 0.3) is 5.91 Å². The van der Waals surface area contributed by atoms with E-state index in [1.807, 2.05) is 0 Å². The Kier molecular flexibility index (Phi) is 3.80. The standard InChI is InChI=1S/C15H9ClF2N2OS/c1-20-13-11(18)6-10(17)7-12(13)22-15(20)19-14(21)8-3-2-4-9(16)5-8/h2-7H,1H3. The van der Waals surface area contributed by atoms with E-state index < -0.39 is 17.5 Å². The Morgan fingerprint density at radius 3 is 2.77 bits per heavy atom. The maximum Gasteiger partial charge on any atom is 0.279 e. The largest absolute Gasteiger partial charge is 0.317 e. The summed E-state index contributed by atoms with van der Waals surface area (Å²) in [5, 5.41) is 0.426. The highest BCUT2D eigenvalue weighted by Crippen LogP contribution is 2.21. The molecule has 0 spiro atoms. The highest BCUT2D eigenvalue weighted by molar-refractivity contribution is 7.16. The quantitative estimate of drug-likeness (QED) is 0.662. The van der Waals surface area contributed by atoms with Crippen LogP contribution in [0.2, 0.25) is 5.02 Å². The van der Waals surface area contributed by atoms with Crippen LogP contribution in [0.5, 0.6) is 0 Å². The minimum Gasteiger partial charge on any atom is -0.317 e. The lowest BCUT2D eigenvalue weighted by atomic mass is 10.2. The summed E-state index contributed by atoms with van der Waals surface area (Å²) in [7, 11) is 1.57. The molecule has 0 aliphatic heterocycles. The predicted molar refractivity (Wildman–Crippen MR) is 82.1 cm³/mol. The van der Waals surface area contributed by atoms with Crippen molar-refractivity contribution in [3.05, 3.63) is 63.4 Å². The Bertz CT molecular complexity index is 962. The zero-order valence-electron chi connectivity index (χ0n) is 11.3. The highest BCUT2D eigenvalue weighted by atomic mass is 35.5. The van der Waals surface area contributed by atoms with Gasteiger partial charge in [0.05, 0.1) is 10.2 Å². The molecule has 2 aromatic carbocycles. The van der Waals surface area contributed by atoms with Gasteiger partial charge >= 0.3 is 0 Å². The van der Waals surface area contributed by atoms with Crippen molar-refractivity contribution in [1.29, 1.82) is 0 Å². The molecule has 0 saturated carbocycles. The number of carbonyl (C=O) groups excluding carboxylic acids is 1. The van der Waals surface area contributed by atoms with Gasteiger partial charge < -0.3 is 4.57 Å². The summed E-state index contributed by atoms with van der Waals surface area (Å²) < 4.78 is 28.9. The van der Waals surface area contributed by atoms with Crippen molar-refractivity contribution in [3.63, 3.8) is 0 Å². The van der Waals surface area contributed by atoms with E-state index in [0.717, 1.165) is 17.4 Å². The number of hydrogen-bond donors (Lipinski definition) is 0. The minimum absolute atomic E-state index is 0.212. The lowest BCUT2D eigenvalue weighted by Crippen LogP contribution is -2.13. The third kappa shape index (κ3) is 2.67. The number of fused-ring (bicyclic) bond motifs is 1. The van der Waals surface area contributed by atoms with E-state index in [4.69, 9.17) is 11.6 Å². The molecule has 7 heteroatoms. The van der Waals surface area contributed by atoms with Crippen LogP contribution < -0.4 is 4.80 Å². The van der Waals surface area contributed by atoms with E-state index >= 15 is 0 Å². The fourth-order valence-corrected chi connectivity index (χ4v) is 3.33. The first-order valence-electron chi connectivity index (χ1n) is 6.25. The summed E-state index contributed by atoms with van der Waals surface area (Å²) in [6.45, 7) is 0. The van der Waals surface area contributed by atoms with E-state index in [1.54, 1.807) is 25.2 Å². The number of aryl methyl sites for hydroxylation is 1. The predicted octanol–water partition coefficient (Wildman–Crippen LogP) is 3.91. The molecule has 0 N–H and O–H groups in total. The van der Waals surface area contributed by atoms with Crippen LogP contribution >= 0.6 is 22.9 Å². The first kappa shape index (κ1) is 14.9. The van der Waals surface area contributed by atoms with E-state index in [9.17, 15) is 13.6 Å². The number of nitrogens with zero attached hydrogens (tertiary/aromatic N) is 2. The fraction of sp³-hybridized carbons (Fsp3) is 0.0667. The molecule has 1 amide bonds. The molecule has 0 atom stereocenters. The SMILES string of the molecule is Cn1c(=NC(=O)c2cccc(Cl)c2)sc2cc(F)cc(F)c21. The van der Waals surface area contributed by atoms with Crippen LogP contribution in [0.15, 0.2) is 41.4 Å². The molecule has 1 heterocycles. The molecule has 0 fully saturated rings. The molecule has 0 aliphatic rings. The van der Waals surface area contributed by atoms with E-state index in [1.165, 1.54) is 16.7 Å². The summed E-state index contributed by atoms with van der Waals surface area (Å²) in [6.07, 6.45) is 0. The highest BCUT2D eigenvalue weighted by Gasteiger charge is 2.12. The lowest BCUT2D eigenvalue weighted by Gasteiger charge is -1.98. The molecule has 0 radical (unpaired) electrons. The number of hydrogen-bond acceptors (Lipinski definition) is 2. The lowest BCUT2D eigenvalue weighted by molar-refractivity contribution is 0.0998. The summed E-state index contributed by atoms with van der Waals surface area (Å²) >= 11 is 6.88. The van der Waals surface area contributed by atoms with Crippen molar-refractivity contribution in [2.45, 2.75) is 0 Å².